The summed E-state index contributed by atoms with van der Waals surface area (Å²) in [6.07, 6.45) is -3.44. The van der Waals surface area contributed by atoms with Crippen LogP contribution >= 0.6 is 0 Å². The molecular weight excluding hydrogens is 433 g/mol. The maximum atomic E-state index is 13.1. The normalized spacial score (nSPS) is 13.1. The Morgan fingerprint density at radius 1 is 1.10 bits per heavy atom. The Bertz CT molecular complexity index is 1250. The third kappa shape index (κ3) is 3.74. The molecule has 0 amide bonds. The van der Waals surface area contributed by atoms with Crippen LogP contribution < -0.4 is 0 Å². The lowest BCUT2D eigenvalue weighted by molar-refractivity contribution is -0.137. The lowest BCUT2D eigenvalue weighted by Crippen LogP contribution is -2.10. The summed E-state index contributed by atoms with van der Waals surface area (Å²) < 4.78 is 55.1. The first kappa shape index (κ1) is 21.2. The quantitative estimate of drug-likeness (QED) is 0.430. The first-order valence-corrected chi connectivity index (χ1v) is 10.6. The van der Waals surface area contributed by atoms with Gasteiger partial charge in [-0.3, -0.25) is 4.98 Å². The molecular formula is C18H17F3N8OS. The zero-order chi connectivity index (χ0) is 22.3. The number of fused-ring (bicyclic) bond motifs is 1. The predicted octanol–water partition coefficient (Wildman–Crippen LogP) is 2.85. The van der Waals surface area contributed by atoms with Crippen LogP contribution in [0.3, 0.4) is 0 Å². The lowest BCUT2D eigenvalue weighted by Gasteiger charge is -2.12. The minimum atomic E-state index is -4.51. The minimum absolute atomic E-state index is 0.00671. The van der Waals surface area contributed by atoms with Crippen molar-refractivity contribution in [3.63, 3.8) is 0 Å². The highest BCUT2D eigenvalue weighted by atomic mass is 32.2. The van der Waals surface area contributed by atoms with E-state index >= 15 is 0 Å². The van der Waals surface area contributed by atoms with E-state index in [1.807, 2.05) is 6.92 Å². The molecule has 1 atom stereocenters. The van der Waals surface area contributed by atoms with Gasteiger partial charge in [0.25, 0.3) is 0 Å². The molecule has 0 N–H and O–H groups in total. The van der Waals surface area contributed by atoms with Gasteiger partial charge in [-0.15, -0.1) is 15.3 Å². The Morgan fingerprint density at radius 2 is 1.84 bits per heavy atom. The van der Waals surface area contributed by atoms with E-state index in [1.54, 1.807) is 24.7 Å². The Morgan fingerprint density at radius 3 is 2.52 bits per heavy atom. The number of hydrogen-bond acceptors (Lipinski definition) is 7. The molecule has 0 aliphatic rings. The molecule has 1 unspecified atom stereocenters. The van der Waals surface area contributed by atoms with Crippen molar-refractivity contribution in [2.75, 3.05) is 5.75 Å². The maximum Gasteiger partial charge on any atom is 0.416 e. The molecule has 4 heterocycles. The molecule has 0 aromatic carbocycles. The summed E-state index contributed by atoms with van der Waals surface area (Å²) in [6.45, 7) is 4.23. The van der Waals surface area contributed by atoms with Gasteiger partial charge in [-0.05, 0) is 37.2 Å². The molecule has 0 aliphatic carbocycles. The Kier molecular flexibility index (Phi) is 5.39. The van der Waals surface area contributed by atoms with Gasteiger partial charge in [-0.2, -0.15) is 13.2 Å². The smallest absolute Gasteiger partial charge is 0.416 e. The third-order valence-corrected chi connectivity index (χ3v) is 6.01. The average Bonchev–Trinajstić information content (AvgIpc) is 3.34. The van der Waals surface area contributed by atoms with Gasteiger partial charge in [0.1, 0.15) is 17.0 Å². The fraction of sp³-hybridized carbons (Fsp3) is 0.333. The van der Waals surface area contributed by atoms with E-state index in [4.69, 9.17) is 0 Å². The number of aryl methyl sites for hydroxylation is 1. The highest BCUT2D eigenvalue weighted by molar-refractivity contribution is 7.91. The van der Waals surface area contributed by atoms with Crippen LogP contribution in [0.2, 0.25) is 0 Å². The standard InChI is InChI=1S/C18H17F3N8OS/c1-4-29-12-9-13(31(30)5-2)14(23-15(12)24-27-29)17-26-25-16(28(17)3)11-8-10(6-7-22-11)18(19,20)21/h6-9H,4-5H2,1-3H3. The summed E-state index contributed by atoms with van der Waals surface area (Å²) in [5.74, 6) is 0.695. The van der Waals surface area contributed by atoms with Crippen molar-refractivity contribution in [2.45, 2.75) is 31.5 Å². The molecule has 13 heteroatoms. The molecule has 0 aliphatic heterocycles. The molecule has 0 radical (unpaired) electrons. The van der Waals surface area contributed by atoms with Gasteiger partial charge < -0.3 is 9.12 Å². The highest BCUT2D eigenvalue weighted by Gasteiger charge is 2.32. The van der Waals surface area contributed by atoms with Crippen molar-refractivity contribution in [1.82, 2.24) is 39.7 Å². The summed E-state index contributed by atoms with van der Waals surface area (Å²) in [7, 11) is 1.58. The predicted molar refractivity (Wildman–Crippen MR) is 106 cm³/mol. The second-order valence-corrected chi connectivity index (χ2v) is 8.26. The van der Waals surface area contributed by atoms with Crippen LogP contribution in [0.4, 0.5) is 13.2 Å². The van der Waals surface area contributed by atoms with Crippen LogP contribution in [0, 0.1) is 0 Å². The van der Waals surface area contributed by atoms with E-state index in [0.717, 1.165) is 18.3 Å². The number of halogens is 3. The number of aromatic nitrogens is 8. The first-order valence-electron chi connectivity index (χ1n) is 9.30. The minimum Gasteiger partial charge on any atom is -0.611 e. The van der Waals surface area contributed by atoms with Crippen LogP contribution in [0.15, 0.2) is 29.3 Å². The molecule has 162 valence electrons. The van der Waals surface area contributed by atoms with Crippen LogP contribution in [0.5, 0.6) is 0 Å². The highest BCUT2D eigenvalue weighted by Crippen LogP contribution is 2.33. The zero-order valence-corrected chi connectivity index (χ0v) is 17.6. The summed E-state index contributed by atoms with van der Waals surface area (Å²) >= 11 is -1.39. The van der Waals surface area contributed by atoms with Crippen molar-refractivity contribution in [3.05, 3.63) is 30.0 Å². The van der Waals surface area contributed by atoms with Crippen molar-refractivity contribution in [3.8, 4) is 23.0 Å². The van der Waals surface area contributed by atoms with Gasteiger partial charge in [-0.1, -0.05) is 5.21 Å². The van der Waals surface area contributed by atoms with Crippen LogP contribution in [-0.2, 0) is 30.9 Å². The van der Waals surface area contributed by atoms with Gasteiger partial charge >= 0.3 is 6.18 Å². The van der Waals surface area contributed by atoms with E-state index < -0.39 is 22.9 Å². The summed E-state index contributed by atoms with van der Waals surface area (Å²) in [6, 6.07) is 3.50. The van der Waals surface area contributed by atoms with E-state index in [-0.39, 0.29) is 23.0 Å². The van der Waals surface area contributed by atoms with Crippen LogP contribution in [0.25, 0.3) is 34.2 Å². The average molecular weight is 450 g/mol. The summed E-state index contributed by atoms with van der Waals surface area (Å²) in [4.78, 5) is 8.92. The van der Waals surface area contributed by atoms with E-state index in [1.165, 1.54) is 4.57 Å². The molecule has 0 bridgehead atoms. The van der Waals surface area contributed by atoms with Crippen LogP contribution in [-0.4, -0.2) is 50.0 Å². The van der Waals surface area contributed by atoms with Crippen molar-refractivity contribution in [1.29, 1.82) is 0 Å². The van der Waals surface area contributed by atoms with Crippen molar-refractivity contribution < 1.29 is 17.7 Å². The largest absolute Gasteiger partial charge is 0.611 e. The summed E-state index contributed by atoms with van der Waals surface area (Å²) in [5, 5.41) is 16.2. The first-order chi connectivity index (χ1) is 14.7. The molecule has 4 aromatic rings. The zero-order valence-electron chi connectivity index (χ0n) is 16.8. The maximum absolute atomic E-state index is 13.1. The van der Waals surface area contributed by atoms with E-state index in [2.05, 4.69) is 30.5 Å². The number of hydrogen-bond donors (Lipinski definition) is 0. The Hall–Kier alpha value is -3.06. The van der Waals surface area contributed by atoms with Crippen molar-refractivity contribution >= 4 is 22.3 Å². The molecule has 0 saturated heterocycles. The van der Waals surface area contributed by atoms with Crippen molar-refractivity contribution in [2.24, 2.45) is 7.05 Å². The molecule has 0 saturated carbocycles. The van der Waals surface area contributed by atoms with Crippen LogP contribution in [0.1, 0.15) is 19.4 Å². The number of rotatable bonds is 5. The topological polar surface area (TPSA) is 110 Å². The molecule has 4 rings (SSSR count). The van der Waals surface area contributed by atoms with E-state index in [0.29, 0.717) is 28.4 Å². The molecule has 9 nitrogen and oxygen atoms in total. The third-order valence-electron chi connectivity index (χ3n) is 4.68. The fourth-order valence-corrected chi connectivity index (χ4v) is 4.00. The lowest BCUT2D eigenvalue weighted by atomic mass is 10.2. The number of pyridine rings is 2. The van der Waals surface area contributed by atoms with Gasteiger partial charge in [0.05, 0.1) is 5.56 Å². The number of alkyl halides is 3. The molecule has 31 heavy (non-hydrogen) atoms. The fourth-order valence-electron chi connectivity index (χ4n) is 3.09. The molecule has 0 spiro atoms. The Balaban J connectivity index is 1.87. The molecule has 0 fully saturated rings. The summed E-state index contributed by atoms with van der Waals surface area (Å²) in [5.41, 5.74) is 0.419. The SMILES string of the molecule is CCn1nnc2nc(-c3nnc(-c4cc(C(F)(F)F)ccn4)n3C)c([S+]([O-])CC)cc21. The van der Waals surface area contributed by atoms with Gasteiger partial charge in [0.15, 0.2) is 22.2 Å². The monoisotopic (exact) mass is 450 g/mol. The van der Waals surface area contributed by atoms with Gasteiger partial charge in [0.2, 0.25) is 5.65 Å². The Labute approximate surface area is 177 Å². The van der Waals surface area contributed by atoms with Gasteiger partial charge in [0, 0.05) is 25.9 Å². The molecule has 4 aromatic heterocycles. The van der Waals surface area contributed by atoms with Gasteiger partial charge in [-0.25, -0.2) is 9.67 Å². The second-order valence-electron chi connectivity index (χ2n) is 6.55. The van der Waals surface area contributed by atoms with E-state index in [9.17, 15) is 17.7 Å². The number of nitrogens with zero attached hydrogens (tertiary/aromatic N) is 8. The second kappa shape index (κ2) is 7.89.